The fraction of sp³-hybridized carbons (Fsp3) is 0.320. The second-order valence-electron chi connectivity index (χ2n) is 7.71. The summed E-state index contributed by atoms with van der Waals surface area (Å²) in [5, 5.41) is 2.86. The van der Waals surface area contributed by atoms with Crippen LogP contribution in [0.2, 0.25) is 0 Å². The topological polar surface area (TPSA) is 104 Å². The molecule has 1 aromatic carbocycles. The van der Waals surface area contributed by atoms with E-state index in [1.807, 2.05) is 31.2 Å². The van der Waals surface area contributed by atoms with E-state index in [2.05, 4.69) is 5.32 Å². The zero-order chi connectivity index (χ0) is 24.8. The maximum Gasteiger partial charge on any atom is 0.348 e. The third-order valence-corrected chi connectivity index (χ3v) is 5.92. The molecule has 8 nitrogen and oxygen atoms in total. The third-order valence-electron chi connectivity index (χ3n) is 4.73. The second-order valence-corrected chi connectivity index (χ2v) is 8.73. The Morgan fingerprint density at radius 2 is 1.79 bits per heavy atom. The van der Waals surface area contributed by atoms with E-state index in [0.29, 0.717) is 11.3 Å². The van der Waals surface area contributed by atoms with E-state index < -0.39 is 17.8 Å². The van der Waals surface area contributed by atoms with Gasteiger partial charge in [-0.25, -0.2) is 9.59 Å². The number of para-hydroxylation sites is 1. The van der Waals surface area contributed by atoms with Gasteiger partial charge in [-0.15, -0.1) is 11.3 Å². The van der Waals surface area contributed by atoms with Gasteiger partial charge in [-0.1, -0.05) is 18.2 Å². The highest BCUT2D eigenvalue weighted by Crippen LogP contribution is 2.35. The van der Waals surface area contributed by atoms with Gasteiger partial charge in [-0.05, 0) is 63.9 Å². The van der Waals surface area contributed by atoms with Crippen LogP contribution in [0.4, 0.5) is 5.00 Å². The van der Waals surface area contributed by atoms with Gasteiger partial charge in [-0.3, -0.25) is 4.79 Å². The molecule has 1 amide bonds. The molecular weight excluding hydrogens is 458 g/mol. The quantitative estimate of drug-likeness (QED) is 0.397. The Balaban J connectivity index is 1.79. The highest BCUT2D eigenvalue weighted by atomic mass is 32.1. The van der Waals surface area contributed by atoms with E-state index in [1.165, 1.54) is 6.07 Å². The van der Waals surface area contributed by atoms with Crippen LogP contribution in [0.1, 0.15) is 68.2 Å². The lowest BCUT2D eigenvalue weighted by molar-refractivity contribution is 0.0379. The van der Waals surface area contributed by atoms with Gasteiger partial charge in [0.05, 0.1) is 18.3 Å². The van der Waals surface area contributed by atoms with Crippen molar-refractivity contribution in [1.82, 2.24) is 0 Å². The van der Waals surface area contributed by atoms with Gasteiger partial charge in [0, 0.05) is 0 Å². The first-order valence-corrected chi connectivity index (χ1v) is 11.6. The van der Waals surface area contributed by atoms with E-state index in [1.54, 1.807) is 33.8 Å². The first kappa shape index (κ1) is 25.0. The number of anilines is 1. The Bertz CT molecular complexity index is 1190. The minimum absolute atomic E-state index is 0.0373. The minimum Gasteiger partial charge on any atom is -0.485 e. The maximum absolute atomic E-state index is 12.9. The van der Waals surface area contributed by atoms with Crippen molar-refractivity contribution < 1.29 is 33.0 Å². The molecule has 1 N–H and O–H groups in total. The number of rotatable bonds is 9. The average molecular weight is 486 g/mol. The molecule has 0 aliphatic heterocycles. The standard InChI is InChI=1S/C25H27NO7S/c1-6-30-25(29)21-16(5)20(24(28)32-14(2)3)23(34-21)26-22(27)19-12-11-17(33-19)13-31-18-10-8-7-9-15(18)4/h7-12,14H,6,13H2,1-5H3,(H,26,27). The van der Waals surface area contributed by atoms with Crippen molar-refractivity contribution in [3.63, 3.8) is 0 Å². The van der Waals surface area contributed by atoms with Crippen molar-refractivity contribution in [2.75, 3.05) is 11.9 Å². The Labute approximate surface area is 201 Å². The SMILES string of the molecule is CCOC(=O)c1sc(NC(=O)c2ccc(COc3ccccc3C)o2)c(C(=O)OC(C)C)c1C. The number of nitrogens with one attached hydrogen (secondary N) is 1. The van der Waals surface area contributed by atoms with Gasteiger partial charge in [0.15, 0.2) is 5.76 Å². The van der Waals surface area contributed by atoms with Crippen LogP contribution >= 0.6 is 11.3 Å². The summed E-state index contributed by atoms with van der Waals surface area (Å²) >= 11 is 0.955. The van der Waals surface area contributed by atoms with Crippen molar-refractivity contribution >= 4 is 34.2 Å². The molecule has 0 spiro atoms. The molecule has 0 bridgehead atoms. The van der Waals surface area contributed by atoms with Crippen molar-refractivity contribution in [2.45, 2.75) is 47.3 Å². The summed E-state index contributed by atoms with van der Waals surface area (Å²) in [6.07, 6.45) is -0.373. The van der Waals surface area contributed by atoms with Gasteiger partial charge in [-0.2, -0.15) is 0 Å². The fourth-order valence-electron chi connectivity index (χ4n) is 3.12. The molecule has 34 heavy (non-hydrogen) atoms. The molecule has 3 rings (SSSR count). The van der Waals surface area contributed by atoms with Gasteiger partial charge in [0.2, 0.25) is 0 Å². The summed E-state index contributed by atoms with van der Waals surface area (Å²) in [6.45, 7) is 9.00. The number of furan rings is 1. The summed E-state index contributed by atoms with van der Waals surface area (Å²) < 4.78 is 21.8. The molecule has 0 saturated heterocycles. The zero-order valence-electron chi connectivity index (χ0n) is 19.7. The summed E-state index contributed by atoms with van der Waals surface area (Å²) in [4.78, 5) is 38.1. The predicted octanol–water partition coefficient (Wildman–Crippen LogP) is 5.53. The minimum atomic E-state index is -0.638. The average Bonchev–Trinajstić information content (AvgIpc) is 3.37. The van der Waals surface area contributed by atoms with E-state index >= 15 is 0 Å². The molecule has 0 radical (unpaired) electrons. The van der Waals surface area contributed by atoms with Crippen LogP contribution in [0.5, 0.6) is 5.75 Å². The lowest BCUT2D eigenvalue weighted by Gasteiger charge is -2.10. The number of hydrogen-bond donors (Lipinski definition) is 1. The largest absolute Gasteiger partial charge is 0.485 e. The number of aryl methyl sites for hydroxylation is 1. The molecule has 3 aromatic rings. The van der Waals surface area contributed by atoms with E-state index in [9.17, 15) is 14.4 Å². The number of carbonyl (C=O) groups excluding carboxylic acids is 3. The van der Waals surface area contributed by atoms with Gasteiger partial charge in [0.1, 0.15) is 28.0 Å². The molecule has 9 heteroatoms. The van der Waals surface area contributed by atoms with Gasteiger partial charge < -0.3 is 23.9 Å². The number of hydrogen-bond acceptors (Lipinski definition) is 8. The Morgan fingerprint density at radius 3 is 2.47 bits per heavy atom. The summed E-state index contributed by atoms with van der Waals surface area (Å²) in [6, 6.07) is 10.7. The van der Waals surface area contributed by atoms with Crippen LogP contribution in [0.25, 0.3) is 0 Å². The van der Waals surface area contributed by atoms with Crippen molar-refractivity contribution in [1.29, 1.82) is 0 Å². The highest BCUT2D eigenvalue weighted by Gasteiger charge is 2.28. The maximum atomic E-state index is 12.9. The molecule has 180 valence electrons. The predicted molar refractivity (Wildman–Crippen MR) is 128 cm³/mol. The Kier molecular flexibility index (Phi) is 8.12. The molecule has 0 aliphatic rings. The molecule has 2 heterocycles. The monoisotopic (exact) mass is 485 g/mol. The van der Waals surface area contributed by atoms with Crippen LogP contribution in [0.15, 0.2) is 40.8 Å². The number of ether oxygens (including phenoxy) is 3. The van der Waals surface area contributed by atoms with Crippen molar-refractivity contribution in [2.24, 2.45) is 0 Å². The first-order valence-electron chi connectivity index (χ1n) is 10.8. The van der Waals surface area contributed by atoms with Crippen LogP contribution in [-0.2, 0) is 16.1 Å². The lowest BCUT2D eigenvalue weighted by atomic mass is 10.1. The summed E-state index contributed by atoms with van der Waals surface area (Å²) in [7, 11) is 0. The third kappa shape index (κ3) is 5.85. The lowest BCUT2D eigenvalue weighted by Crippen LogP contribution is -2.16. The first-order chi connectivity index (χ1) is 16.2. The van der Waals surface area contributed by atoms with Crippen LogP contribution in [0.3, 0.4) is 0 Å². The second kappa shape index (κ2) is 11.0. The Hall–Kier alpha value is -3.59. The van der Waals surface area contributed by atoms with Crippen LogP contribution in [0, 0.1) is 13.8 Å². The number of thiophene rings is 1. The highest BCUT2D eigenvalue weighted by molar-refractivity contribution is 7.18. The molecule has 0 atom stereocenters. The van der Waals surface area contributed by atoms with Crippen LogP contribution in [-0.4, -0.2) is 30.6 Å². The normalized spacial score (nSPS) is 10.8. The van der Waals surface area contributed by atoms with Crippen molar-refractivity contribution in [3.8, 4) is 5.75 Å². The molecule has 0 unspecified atom stereocenters. The van der Waals surface area contributed by atoms with E-state index in [4.69, 9.17) is 18.6 Å². The number of amides is 1. The summed E-state index contributed by atoms with van der Waals surface area (Å²) in [5.41, 5.74) is 1.49. The molecule has 0 fully saturated rings. The molecular formula is C25H27NO7S. The number of carbonyl (C=O) groups is 3. The molecule has 2 aromatic heterocycles. The van der Waals surface area contributed by atoms with Crippen molar-refractivity contribution in [3.05, 3.63) is 69.5 Å². The van der Waals surface area contributed by atoms with E-state index in [-0.39, 0.29) is 40.5 Å². The fourth-order valence-corrected chi connectivity index (χ4v) is 4.20. The molecule has 0 saturated carbocycles. The Morgan fingerprint density at radius 1 is 1.06 bits per heavy atom. The number of esters is 2. The van der Waals surface area contributed by atoms with Crippen LogP contribution < -0.4 is 10.1 Å². The zero-order valence-corrected chi connectivity index (χ0v) is 20.5. The number of benzene rings is 1. The summed E-state index contributed by atoms with van der Waals surface area (Å²) in [5.74, 6) is -0.562. The van der Waals surface area contributed by atoms with Gasteiger partial charge >= 0.3 is 11.9 Å². The van der Waals surface area contributed by atoms with Gasteiger partial charge in [0.25, 0.3) is 5.91 Å². The molecule has 0 aliphatic carbocycles. The smallest absolute Gasteiger partial charge is 0.348 e. The van der Waals surface area contributed by atoms with E-state index in [0.717, 1.165) is 22.6 Å².